The molecule has 0 amide bonds. The lowest BCUT2D eigenvalue weighted by molar-refractivity contribution is 0.429. The van der Waals surface area contributed by atoms with Crippen molar-refractivity contribution in [3.63, 3.8) is 0 Å². The van der Waals surface area contributed by atoms with Crippen LogP contribution in [0.3, 0.4) is 0 Å². The standard InChI is InChI=1S/C20H14BrFN4O2/c1-2-12-3-6-14(7-4-12)26-10-9-17(27)18(24-26)20-23-19(25-28-20)13-5-8-16(22)15(21)11-13/h3-11H,2H2,1H3. The van der Waals surface area contributed by atoms with E-state index < -0.39 is 5.82 Å². The molecule has 2 aromatic heterocycles. The van der Waals surface area contributed by atoms with Gasteiger partial charge in [0.15, 0.2) is 5.69 Å². The molecule has 0 bridgehead atoms. The number of nitrogens with zero attached hydrogens (tertiary/aromatic N) is 4. The molecule has 0 unspecified atom stereocenters. The minimum Gasteiger partial charge on any atom is -0.332 e. The van der Waals surface area contributed by atoms with Gasteiger partial charge in [-0.05, 0) is 58.2 Å². The molecule has 0 aliphatic carbocycles. The molecule has 2 aromatic carbocycles. The molecule has 8 heteroatoms. The maximum atomic E-state index is 13.4. The summed E-state index contributed by atoms with van der Waals surface area (Å²) in [6, 6.07) is 13.6. The van der Waals surface area contributed by atoms with E-state index in [9.17, 15) is 9.18 Å². The third-order valence-corrected chi connectivity index (χ3v) is 4.83. The van der Waals surface area contributed by atoms with E-state index in [1.165, 1.54) is 29.8 Å². The molecule has 0 atom stereocenters. The van der Waals surface area contributed by atoms with Crippen LogP contribution in [0.4, 0.5) is 4.39 Å². The van der Waals surface area contributed by atoms with Crippen LogP contribution in [0, 0.1) is 5.82 Å². The van der Waals surface area contributed by atoms with Gasteiger partial charge < -0.3 is 4.52 Å². The Kier molecular flexibility index (Phi) is 4.87. The van der Waals surface area contributed by atoms with E-state index in [1.807, 2.05) is 24.3 Å². The summed E-state index contributed by atoms with van der Waals surface area (Å²) < 4.78 is 20.5. The Bertz CT molecular complexity index is 1200. The number of halogens is 2. The maximum Gasteiger partial charge on any atom is 0.282 e. The molecule has 0 aliphatic heterocycles. The zero-order chi connectivity index (χ0) is 19.7. The molecule has 0 saturated carbocycles. The molecular weight excluding hydrogens is 427 g/mol. The molecule has 2 heterocycles. The lowest BCUT2D eigenvalue weighted by atomic mass is 10.1. The highest BCUT2D eigenvalue weighted by molar-refractivity contribution is 9.10. The highest BCUT2D eigenvalue weighted by atomic mass is 79.9. The lowest BCUT2D eigenvalue weighted by Crippen LogP contribution is -2.12. The van der Waals surface area contributed by atoms with Gasteiger partial charge >= 0.3 is 0 Å². The molecule has 0 radical (unpaired) electrons. The fraction of sp³-hybridized carbons (Fsp3) is 0.100. The van der Waals surface area contributed by atoms with Crippen molar-refractivity contribution in [2.24, 2.45) is 0 Å². The van der Waals surface area contributed by atoms with E-state index in [2.05, 4.69) is 38.1 Å². The van der Waals surface area contributed by atoms with Crippen molar-refractivity contribution in [1.82, 2.24) is 19.9 Å². The average Bonchev–Trinajstić information content (AvgIpc) is 3.20. The molecule has 4 rings (SSSR count). The van der Waals surface area contributed by atoms with Gasteiger partial charge in [0.25, 0.3) is 5.89 Å². The monoisotopic (exact) mass is 440 g/mol. The molecule has 4 aromatic rings. The second-order valence-corrected chi connectivity index (χ2v) is 6.90. The molecule has 6 nitrogen and oxygen atoms in total. The normalized spacial score (nSPS) is 11.0. The van der Waals surface area contributed by atoms with E-state index in [-0.39, 0.29) is 27.3 Å². The highest BCUT2D eigenvalue weighted by Crippen LogP contribution is 2.24. The van der Waals surface area contributed by atoms with Crippen molar-refractivity contribution < 1.29 is 8.91 Å². The molecule has 0 fully saturated rings. The van der Waals surface area contributed by atoms with Crippen molar-refractivity contribution in [3.8, 4) is 28.7 Å². The summed E-state index contributed by atoms with van der Waals surface area (Å²) in [5, 5.41) is 8.23. The summed E-state index contributed by atoms with van der Waals surface area (Å²) >= 11 is 3.13. The number of aromatic nitrogens is 4. The van der Waals surface area contributed by atoms with Crippen LogP contribution in [-0.2, 0) is 6.42 Å². The average molecular weight is 441 g/mol. The van der Waals surface area contributed by atoms with Crippen LogP contribution in [0.5, 0.6) is 0 Å². The van der Waals surface area contributed by atoms with E-state index in [1.54, 1.807) is 10.9 Å². The maximum absolute atomic E-state index is 13.4. The van der Waals surface area contributed by atoms with Crippen LogP contribution < -0.4 is 5.43 Å². The minimum absolute atomic E-state index is 0.0000224. The minimum atomic E-state index is -0.394. The van der Waals surface area contributed by atoms with Gasteiger partial charge in [0.1, 0.15) is 5.82 Å². The Hall–Kier alpha value is -3.13. The predicted molar refractivity (Wildman–Crippen MR) is 106 cm³/mol. The van der Waals surface area contributed by atoms with Crippen molar-refractivity contribution >= 4 is 15.9 Å². The molecule has 0 spiro atoms. The van der Waals surface area contributed by atoms with E-state index in [0.717, 1.165) is 12.1 Å². The second-order valence-electron chi connectivity index (χ2n) is 6.05. The first-order valence-electron chi connectivity index (χ1n) is 8.54. The van der Waals surface area contributed by atoms with Gasteiger partial charge in [0, 0.05) is 17.8 Å². The van der Waals surface area contributed by atoms with E-state index >= 15 is 0 Å². The van der Waals surface area contributed by atoms with Crippen molar-refractivity contribution in [2.75, 3.05) is 0 Å². The third-order valence-electron chi connectivity index (χ3n) is 4.22. The van der Waals surface area contributed by atoms with Gasteiger partial charge in [-0.3, -0.25) is 4.79 Å². The Morgan fingerprint density at radius 1 is 1.14 bits per heavy atom. The van der Waals surface area contributed by atoms with Gasteiger partial charge in [-0.2, -0.15) is 10.1 Å². The number of hydrogen-bond donors (Lipinski definition) is 0. The van der Waals surface area contributed by atoms with Gasteiger partial charge in [-0.25, -0.2) is 9.07 Å². The largest absolute Gasteiger partial charge is 0.332 e. The predicted octanol–water partition coefficient (Wildman–Crippen LogP) is 4.41. The summed E-state index contributed by atoms with van der Waals surface area (Å²) in [6.07, 6.45) is 2.52. The molecular formula is C20H14BrFN4O2. The molecule has 28 heavy (non-hydrogen) atoms. The molecule has 0 N–H and O–H groups in total. The van der Waals surface area contributed by atoms with Gasteiger partial charge in [-0.15, -0.1) is 0 Å². The molecule has 0 saturated heterocycles. The first kappa shape index (κ1) is 18.2. The quantitative estimate of drug-likeness (QED) is 0.469. The SMILES string of the molecule is CCc1ccc(-n2ccc(=O)c(-c3nc(-c4ccc(F)c(Br)c4)no3)n2)cc1. The number of rotatable bonds is 4. The summed E-state index contributed by atoms with van der Waals surface area (Å²) in [4.78, 5) is 16.5. The number of benzene rings is 2. The first-order chi connectivity index (χ1) is 13.5. The van der Waals surface area contributed by atoms with E-state index in [4.69, 9.17) is 4.52 Å². The van der Waals surface area contributed by atoms with Crippen molar-refractivity contribution in [1.29, 1.82) is 0 Å². The molecule has 0 aliphatic rings. The van der Waals surface area contributed by atoms with Crippen molar-refractivity contribution in [2.45, 2.75) is 13.3 Å². The van der Waals surface area contributed by atoms with Crippen LogP contribution in [0.1, 0.15) is 12.5 Å². The second kappa shape index (κ2) is 7.47. The lowest BCUT2D eigenvalue weighted by Gasteiger charge is -2.06. The smallest absolute Gasteiger partial charge is 0.282 e. The van der Waals surface area contributed by atoms with Gasteiger partial charge in [0.2, 0.25) is 11.3 Å². The summed E-state index contributed by atoms with van der Waals surface area (Å²) in [5.74, 6) is -0.159. The first-order valence-corrected chi connectivity index (χ1v) is 9.33. The fourth-order valence-corrected chi connectivity index (χ4v) is 3.03. The summed E-state index contributed by atoms with van der Waals surface area (Å²) in [6.45, 7) is 2.08. The molecule has 140 valence electrons. The Morgan fingerprint density at radius 3 is 2.64 bits per heavy atom. The fourth-order valence-electron chi connectivity index (χ4n) is 2.66. The van der Waals surface area contributed by atoms with Crippen LogP contribution >= 0.6 is 15.9 Å². The van der Waals surface area contributed by atoms with Crippen LogP contribution in [0.2, 0.25) is 0 Å². The number of hydrogen-bond acceptors (Lipinski definition) is 5. The topological polar surface area (TPSA) is 73.8 Å². The third kappa shape index (κ3) is 3.50. The van der Waals surface area contributed by atoms with Gasteiger partial charge in [-0.1, -0.05) is 24.2 Å². The van der Waals surface area contributed by atoms with Crippen LogP contribution in [0.15, 0.2) is 68.5 Å². The zero-order valence-electron chi connectivity index (χ0n) is 14.8. The van der Waals surface area contributed by atoms with Crippen molar-refractivity contribution in [3.05, 3.63) is 80.8 Å². The Balaban J connectivity index is 1.72. The number of aryl methyl sites for hydroxylation is 1. The van der Waals surface area contributed by atoms with Crippen LogP contribution in [-0.4, -0.2) is 19.9 Å². The zero-order valence-corrected chi connectivity index (χ0v) is 16.4. The summed E-state index contributed by atoms with van der Waals surface area (Å²) in [7, 11) is 0. The Morgan fingerprint density at radius 2 is 1.93 bits per heavy atom. The highest BCUT2D eigenvalue weighted by Gasteiger charge is 2.16. The van der Waals surface area contributed by atoms with Crippen LogP contribution in [0.25, 0.3) is 28.7 Å². The Labute approximate surface area is 167 Å². The summed E-state index contributed by atoms with van der Waals surface area (Å²) in [5.41, 5.74) is 2.27. The van der Waals surface area contributed by atoms with E-state index in [0.29, 0.717) is 5.56 Å². The van der Waals surface area contributed by atoms with Gasteiger partial charge in [0.05, 0.1) is 10.2 Å².